The molecule has 2 amide bonds. The number of carbonyl (C=O) groups is 2. The molecule has 2 rings (SSSR count). The van der Waals surface area contributed by atoms with Crippen LogP contribution in [-0.4, -0.2) is 22.8 Å². The van der Waals surface area contributed by atoms with Gasteiger partial charge >= 0.3 is 6.09 Å². The van der Waals surface area contributed by atoms with Crippen molar-refractivity contribution in [3.63, 3.8) is 0 Å². The van der Waals surface area contributed by atoms with E-state index in [1.165, 1.54) is 5.48 Å². The van der Waals surface area contributed by atoms with Crippen molar-refractivity contribution >= 4 is 12.0 Å². The normalized spacial score (nSPS) is 26.1. The predicted octanol–water partition coefficient (Wildman–Crippen LogP) is 0.513. The molecule has 1 fully saturated rings. The summed E-state index contributed by atoms with van der Waals surface area (Å²) in [6.45, 7) is 0. The number of hydrogen-bond acceptors (Lipinski definition) is 4. The highest BCUT2D eigenvalue weighted by Gasteiger charge is 2.64. The number of ether oxygens (including phenoxy) is 1. The van der Waals surface area contributed by atoms with E-state index in [1.54, 1.807) is 0 Å². The molecule has 0 aliphatic heterocycles. The van der Waals surface area contributed by atoms with Gasteiger partial charge in [-0.2, -0.15) is 0 Å². The molecule has 1 aromatic rings. The topological polar surface area (TPSA) is 102 Å². The zero-order valence-electron chi connectivity index (χ0n) is 8.92. The second-order valence-corrected chi connectivity index (χ2v) is 3.92. The second kappa shape index (κ2) is 4.06. The van der Waals surface area contributed by atoms with Crippen molar-refractivity contribution in [2.24, 2.45) is 5.73 Å². The molecule has 0 aromatic heterocycles. The van der Waals surface area contributed by atoms with Crippen LogP contribution < -0.4 is 11.2 Å². The smallest absolute Gasteiger partial charge is 0.405 e. The predicted molar refractivity (Wildman–Crippen MR) is 57.1 cm³/mol. The maximum atomic E-state index is 11.5. The van der Waals surface area contributed by atoms with Gasteiger partial charge in [0.15, 0.2) is 0 Å². The molecule has 0 spiro atoms. The Kier molecular flexibility index (Phi) is 2.72. The van der Waals surface area contributed by atoms with E-state index in [2.05, 4.69) is 0 Å². The van der Waals surface area contributed by atoms with Crippen LogP contribution >= 0.6 is 0 Å². The van der Waals surface area contributed by atoms with Crippen LogP contribution in [0.1, 0.15) is 17.9 Å². The van der Waals surface area contributed by atoms with Gasteiger partial charge in [-0.15, -0.1) is 0 Å². The lowest BCUT2D eigenvalue weighted by Gasteiger charge is -2.14. The first kappa shape index (κ1) is 11.4. The van der Waals surface area contributed by atoms with Crippen LogP contribution in [0.25, 0.3) is 0 Å². The first-order valence-corrected chi connectivity index (χ1v) is 5.08. The number of primary amides is 1. The van der Waals surface area contributed by atoms with Gasteiger partial charge in [-0.05, 0) is 5.56 Å². The second-order valence-electron chi connectivity index (χ2n) is 3.92. The SMILES string of the molecule is NC(=O)OC1(C(=O)NO)CC1c1ccccc1. The first-order chi connectivity index (χ1) is 8.10. The van der Waals surface area contributed by atoms with E-state index >= 15 is 0 Å². The minimum absolute atomic E-state index is 0.275. The van der Waals surface area contributed by atoms with Crippen LogP contribution in [0.15, 0.2) is 30.3 Å². The molecule has 0 heterocycles. The van der Waals surface area contributed by atoms with Crippen LogP contribution in [0.4, 0.5) is 4.79 Å². The Balaban J connectivity index is 2.23. The van der Waals surface area contributed by atoms with Gasteiger partial charge in [-0.3, -0.25) is 10.0 Å². The van der Waals surface area contributed by atoms with E-state index in [0.717, 1.165) is 5.56 Å². The monoisotopic (exact) mass is 236 g/mol. The number of carbonyl (C=O) groups excluding carboxylic acids is 2. The quantitative estimate of drug-likeness (QED) is 0.525. The maximum Gasteiger partial charge on any atom is 0.405 e. The number of amides is 2. The summed E-state index contributed by atoms with van der Waals surface area (Å²) < 4.78 is 4.84. The van der Waals surface area contributed by atoms with Gasteiger partial charge in [0.2, 0.25) is 5.60 Å². The highest BCUT2D eigenvalue weighted by atomic mass is 16.6. The zero-order chi connectivity index (χ0) is 12.5. The highest BCUT2D eigenvalue weighted by molar-refractivity contribution is 5.91. The molecule has 1 aliphatic carbocycles. The lowest BCUT2D eigenvalue weighted by atomic mass is 10.1. The molecule has 0 saturated heterocycles. The van der Waals surface area contributed by atoms with Crippen molar-refractivity contribution < 1.29 is 19.5 Å². The molecular weight excluding hydrogens is 224 g/mol. The Bertz CT molecular complexity index is 448. The minimum Gasteiger partial charge on any atom is -0.432 e. The lowest BCUT2D eigenvalue weighted by Crippen LogP contribution is -2.40. The van der Waals surface area contributed by atoms with Crippen LogP contribution in [0, 0.1) is 0 Å². The molecule has 0 bridgehead atoms. The van der Waals surface area contributed by atoms with Crippen molar-refractivity contribution in [2.75, 3.05) is 0 Å². The molecule has 17 heavy (non-hydrogen) atoms. The number of nitrogens with one attached hydrogen (secondary N) is 1. The van der Waals surface area contributed by atoms with E-state index in [1.807, 2.05) is 30.3 Å². The molecule has 1 aromatic carbocycles. The van der Waals surface area contributed by atoms with Crippen molar-refractivity contribution in [2.45, 2.75) is 17.9 Å². The van der Waals surface area contributed by atoms with Crippen molar-refractivity contribution in [1.82, 2.24) is 5.48 Å². The van der Waals surface area contributed by atoms with E-state index in [-0.39, 0.29) is 5.92 Å². The highest BCUT2D eigenvalue weighted by Crippen LogP contribution is 2.54. The Morgan fingerprint density at radius 3 is 2.59 bits per heavy atom. The molecule has 0 radical (unpaired) electrons. The van der Waals surface area contributed by atoms with Crippen molar-refractivity contribution in [3.05, 3.63) is 35.9 Å². The number of rotatable bonds is 3. The average molecular weight is 236 g/mol. The third-order valence-corrected chi connectivity index (χ3v) is 2.88. The summed E-state index contributed by atoms with van der Waals surface area (Å²) >= 11 is 0. The number of nitrogens with two attached hydrogens (primary N) is 1. The summed E-state index contributed by atoms with van der Waals surface area (Å²) in [5, 5.41) is 8.66. The Morgan fingerprint density at radius 1 is 1.41 bits per heavy atom. The fourth-order valence-corrected chi connectivity index (χ4v) is 2.00. The van der Waals surface area contributed by atoms with Crippen LogP contribution in [0.3, 0.4) is 0 Å². The zero-order valence-corrected chi connectivity index (χ0v) is 8.92. The van der Waals surface area contributed by atoms with Gasteiger partial charge in [0.05, 0.1) is 0 Å². The van der Waals surface area contributed by atoms with Gasteiger partial charge < -0.3 is 10.5 Å². The molecule has 6 nitrogen and oxygen atoms in total. The standard InChI is InChI=1S/C11H12N2O4/c12-10(15)17-11(9(14)13-16)6-8(11)7-4-2-1-3-5-7/h1-5,8,16H,6H2,(H2,12,15)(H,13,14). The van der Waals surface area contributed by atoms with Crippen LogP contribution in [0.2, 0.25) is 0 Å². The number of hydrogen-bond donors (Lipinski definition) is 3. The van der Waals surface area contributed by atoms with E-state index in [9.17, 15) is 9.59 Å². The first-order valence-electron chi connectivity index (χ1n) is 5.08. The summed E-state index contributed by atoms with van der Waals surface area (Å²) in [7, 11) is 0. The summed E-state index contributed by atoms with van der Waals surface area (Å²) in [6.07, 6.45) is -0.723. The Labute approximate surface area is 97.3 Å². The van der Waals surface area contributed by atoms with Crippen molar-refractivity contribution in [1.29, 1.82) is 0 Å². The maximum absolute atomic E-state index is 11.5. The number of benzene rings is 1. The minimum atomic E-state index is -1.37. The van der Waals surface area contributed by atoms with Crippen LogP contribution in [-0.2, 0) is 9.53 Å². The molecule has 2 atom stereocenters. The van der Waals surface area contributed by atoms with Gasteiger partial charge in [0, 0.05) is 12.3 Å². The molecule has 4 N–H and O–H groups in total. The van der Waals surface area contributed by atoms with Gasteiger partial charge in [0.25, 0.3) is 5.91 Å². The Morgan fingerprint density at radius 2 is 2.06 bits per heavy atom. The molecule has 1 saturated carbocycles. The largest absolute Gasteiger partial charge is 0.432 e. The number of hydroxylamine groups is 1. The fourth-order valence-electron chi connectivity index (χ4n) is 2.00. The Hall–Kier alpha value is -2.08. The average Bonchev–Trinajstić information content (AvgIpc) is 3.04. The van der Waals surface area contributed by atoms with Gasteiger partial charge in [-0.25, -0.2) is 10.3 Å². The van der Waals surface area contributed by atoms with Crippen molar-refractivity contribution in [3.8, 4) is 0 Å². The molecule has 90 valence electrons. The molecule has 1 aliphatic rings. The van der Waals surface area contributed by atoms with E-state index in [0.29, 0.717) is 6.42 Å². The lowest BCUT2D eigenvalue weighted by molar-refractivity contribution is -0.140. The summed E-state index contributed by atoms with van der Waals surface area (Å²) in [6, 6.07) is 9.12. The third kappa shape index (κ3) is 1.94. The fraction of sp³-hybridized carbons (Fsp3) is 0.273. The summed E-state index contributed by atoms with van der Waals surface area (Å²) in [4.78, 5) is 22.3. The molecular formula is C11H12N2O4. The summed E-state index contributed by atoms with van der Waals surface area (Å²) in [5.41, 5.74) is 5.92. The summed E-state index contributed by atoms with van der Waals surface area (Å²) in [5.74, 6) is -1.03. The van der Waals surface area contributed by atoms with E-state index < -0.39 is 17.6 Å². The van der Waals surface area contributed by atoms with E-state index in [4.69, 9.17) is 15.7 Å². The molecule has 6 heteroatoms. The molecule has 2 unspecified atom stereocenters. The van der Waals surface area contributed by atoms with Gasteiger partial charge in [-0.1, -0.05) is 30.3 Å². The van der Waals surface area contributed by atoms with Gasteiger partial charge in [0.1, 0.15) is 0 Å². The third-order valence-electron chi connectivity index (χ3n) is 2.88. The van der Waals surface area contributed by atoms with Crippen LogP contribution in [0.5, 0.6) is 0 Å².